The molecule has 9 heteroatoms. The van der Waals surface area contributed by atoms with Crippen LogP contribution in [-0.4, -0.2) is 36.0 Å². The Hall–Kier alpha value is -2.19. The van der Waals surface area contributed by atoms with E-state index in [0.29, 0.717) is 0 Å². The Kier molecular flexibility index (Phi) is 11.2. The van der Waals surface area contributed by atoms with E-state index in [1.54, 1.807) is 0 Å². The highest BCUT2D eigenvalue weighted by Crippen LogP contribution is 2.14. The molecule has 0 saturated carbocycles. The summed E-state index contributed by atoms with van der Waals surface area (Å²) in [5, 5.41) is 9.03. The number of primary amides is 1. The maximum Gasteiger partial charge on any atom is 0.309 e. The van der Waals surface area contributed by atoms with Crippen molar-refractivity contribution in [3.8, 4) is 0 Å². The van der Waals surface area contributed by atoms with Crippen LogP contribution < -0.4 is 5.73 Å². The summed E-state index contributed by atoms with van der Waals surface area (Å²) in [6.07, 6.45) is 2.37. The predicted octanol–water partition coefficient (Wildman–Crippen LogP) is 1.16. The molecule has 0 fully saturated rings. The van der Waals surface area contributed by atoms with Gasteiger partial charge in [-0.15, -0.1) is 10.1 Å². The fourth-order valence-corrected chi connectivity index (χ4v) is 1.91. The van der Waals surface area contributed by atoms with Crippen LogP contribution in [0.15, 0.2) is 0 Å². The van der Waals surface area contributed by atoms with Crippen molar-refractivity contribution in [1.82, 2.24) is 0 Å². The molecule has 1 amide bonds. The minimum absolute atomic E-state index is 0.0201. The van der Waals surface area contributed by atoms with Crippen molar-refractivity contribution in [2.45, 2.75) is 51.9 Å². The molecule has 0 aliphatic rings. The summed E-state index contributed by atoms with van der Waals surface area (Å²) >= 11 is 0. The number of esters is 1. The lowest BCUT2D eigenvalue weighted by molar-refractivity contribution is -0.757. The molecule has 1 unspecified atom stereocenters. The fourth-order valence-electron chi connectivity index (χ4n) is 1.91. The number of carbonyl (C=O) groups is 3. The van der Waals surface area contributed by atoms with E-state index in [9.17, 15) is 24.5 Å². The number of nitrogens with two attached hydrogens (primary N) is 1. The maximum absolute atomic E-state index is 11.9. The van der Waals surface area contributed by atoms with E-state index < -0.39 is 22.9 Å². The molecule has 0 spiro atoms. The second-order valence-corrected chi connectivity index (χ2v) is 5.15. The number of hydrogen-bond donors (Lipinski definition) is 1. The van der Waals surface area contributed by atoms with Crippen LogP contribution >= 0.6 is 0 Å². The number of rotatable bonds is 14. The van der Waals surface area contributed by atoms with Gasteiger partial charge in [-0.3, -0.25) is 14.4 Å². The second-order valence-electron chi connectivity index (χ2n) is 5.15. The van der Waals surface area contributed by atoms with Gasteiger partial charge in [-0.25, -0.2) is 0 Å². The number of amides is 1. The van der Waals surface area contributed by atoms with Crippen LogP contribution in [0.1, 0.15) is 51.9 Å². The van der Waals surface area contributed by atoms with Crippen LogP contribution in [0.2, 0.25) is 0 Å². The Morgan fingerprint density at radius 3 is 2.39 bits per heavy atom. The van der Waals surface area contributed by atoms with Crippen molar-refractivity contribution >= 4 is 17.7 Å². The number of Topliss-reactive ketones (excluding diaryl/α,β-unsaturated/α-hetero) is 1. The van der Waals surface area contributed by atoms with Gasteiger partial charge in [-0.1, -0.05) is 19.8 Å². The first-order chi connectivity index (χ1) is 10.9. The summed E-state index contributed by atoms with van der Waals surface area (Å²) in [7, 11) is 0. The number of hydrogen-bond acceptors (Lipinski definition) is 7. The summed E-state index contributed by atoms with van der Waals surface area (Å²) in [6.45, 7) is 2.06. The minimum atomic E-state index is -0.936. The van der Waals surface area contributed by atoms with Crippen molar-refractivity contribution in [3.05, 3.63) is 10.1 Å². The van der Waals surface area contributed by atoms with Crippen LogP contribution in [-0.2, 0) is 24.0 Å². The van der Waals surface area contributed by atoms with Crippen LogP contribution in [0, 0.1) is 16.0 Å². The molecular weight excluding hydrogens is 308 g/mol. The van der Waals surface area contributed by atoms with Crippen molar-refractivity contribution in [2.75, 3.05) is 13.2 Å². The van der Waals surface area contributed by atoms with Crippen molar-refractivity contribution in [1.29, 1.82) is 0 Å². The molecule has 9 nitrogen and oxygen atoms in total. The third-order valence-electron chi connectivity index (χ3n) is 3.04. The standard InChI is InChI=1S/C14H24N2O7/c1-2-3-4-7-22-14(19)11(10-13(15)18)9-12(17)6-5-8-23-16(20)21/h11H,2-10H2,1H3,(H2,15,18). The lowest BCUT2D eigenvalue weighted by Crippen LogP contribution is -2.27. The Morgan fingerprint density at radius 2 is 1.83 bits per heavy atom. The molecule has 0 aromatic heterocycles. The van der Waals surface area contributed by atoms with E-state index >= 15 is 0 Å². The first-order valence-corrected chi connectivity index (χ1v) is 7.60. The summed E-state index contributed by atoms with van der Waals surface area (Å²) in [4.78, 5) is 48.7. The van der Waals surface area contributed by atoms with Gasteiger partial charge in [0.2, 0.25) is 5.91 Å². The summed E-state index contributed by atoms with van der Waals surface area (Å²) < 4.78 is 5.05. The van der Waals surface area contributed by atoms with Gasteiger partial charge in [-0.2, -0.15) is 0 Å². The zero-order valence-corrected chi connectivity index (χ0v) is 13.3. The number of carbonyl (C=O) groups excluding carboxylic acids is 3. The van der Waals surface area contributed by atoms with Crippen molar-refractivity contribution < 1.29 is 29.0 Å². The van der Waals surface area contributed by atoms with Crippen LogP contribution in [0.25, 0.3) is 0 Å². The van der Waals surface area contributed by atoms with Gasteiger partial charge in [0, 0.05) is 19.3 Å². The molecule has 132 valence electrons. The maximum atomic E-state index is 11.9. The van der Waals surface area contributed by atoms with E-state index in [4.69, 9.17) is 10.5 Å². The molecule has 0 rings (SSSR count). The molecule has 0 aliphatic carbocycles. The molecule has 2 N–H and O–H groups in total. The number of unbranched alkanes of at least 4 members (excludes halogenated alkanes) is 2. The molecule has 0 aromatic carbocycles. The molecule has 1 atom stereocenters. The smallest absolute Gasteiger partial charge is 0.309 e. The summed E-state index contributed by atoms with van der Waals surface area (Å²) in [5.74, 6) is -2.51. The SMILES string of the molecule is CCCCCOC(=O)C(CC(N)=O)CC(=O)CCCO[N+](=O)[O-]. The Bertz CT molecular complexity index is 412. The molecule has 0 heterocycles. The quantitative estimate of drug-likeness (QED) is 0.218. The molecule has 0 radical (unpaired) electrons. The summed E-state index contributed by atoms with van der Waals surface area (Å²) in [6, 6.07) is 0. The molecule has 23 heavy (non-hydrogen) atoms. The van der Waals surface area contributed by atoms with Gasteiger partial charge in [0.15, 0.2) is 0 Å². The Balaban J connectivity index is 4.25. The zero-order chi connectivity index (χ0) is 17.7. The van der Waals surface area contributed by atoms with Gasteiger partial charge < -0.3 is 15.3 Å². The van der Waals surface area contributed by atoms with Crippen molar-refractivity contribution in [2.24, 2.45) is 11.7 Å². The van der Waals surface area contributed by atoms with E-state index in [2.05, 4.69) is 4.84 Å². The average Bonchev–Trinajstić information content (AvgIpc) is 2.46. The van der Waals surface area contributed by atoms with Gasteiger partial charge in [0.25, 0.3) is 5.09 Å². The van der Waals surface area contributed by atoms with E-state index in [1.807, 2.05) is 6.92 Å². The first-order valence-electron chi connectivity index (χ1n) is 7.60. The number of ketones is 1. The lowest BCUT2D eigenvalue weighted by atomic mass is 9.96. The Labute approximate surface area is 134 Å². The molecule has 0 saturated heterocycles. The molecule has 0 aliphatic heterocycles. The third-order valence-corrected chi connectivity index (χ3v) is 3.04. The first kappa shape index (κ1) is 20.8. The topological polar surface area (TPSA) is 139 Å². The van der Waals surface area contributed by atoms with Gasteiger partial charge in [0.1, 0.15) is 5.78 Å². The summed E-state index contributed by atoms with van der Waals surface area (Å²) in [5.41, 5.74) is 5.09. The monoisotopic (exact) mass is 332 g/mol. The Morgan fingerprint density at radius 1 is 1.13 bits per heavy atom. The number of nitrogens with zero attached hydrogens (tertiary/aromatic N) is 1. The van der Waals surface area contributed by atoms with E-state index in [1.165, 1.54) is 0 Å². The fraction of sp³-hybridized carbons (Fsp3) is 0.786. The minimum Gasteiger partial charge on any atom is -0.465 e. The van der Waals surface area contributed by atoms with Crippen LogP contribution in [0.4, 0.5) is 0 Å². The van der Waals surface area contributed by atoms with Gasteiger partial charge in [-0.05, 0) is 12.8 Å². The number of ether oxygens (including phenoxy) is 1. The largest absolute Gasteiger partial charge is 0.465 e. The average molecular weight is 332 g/mol. The zero-order valence-electron chi connectivity index (χ0n) is 13.3. The third kappa shape index (κ3) is 12.1. The molecular formula is C14H24N2O7. The van der Waals surface area contributed by atoms with E-state index in [0.717, 1.165) is 19.3 Å². The van der Waals surface area contributed by atoms with Crippen molar-refractivity contribution in [3.63, 3.8) is 0 Å². The predicted molar refractivity (Wildman–Crippen MR) is 79.6 cm³/mol. The van der Waals surface area contributed by atoms with Crippen LogP contribution in [0.5, 0.6) is 0 Å². The highest BCUT2D eigenvalue weighted by Gasteiger charge is 2.25. The highest BCUT2D eigenvalue weighted by molar-refractivity contribution is 5.87. The molecule has 0 bridgehead atoms. The molecule has 0 aromatic rings. The van der Waals surface area contributed by atoms with Gasteiger partial charge >= 0.3 is 5.97 Å². The highest BCUT2D eigenvalue weighted by atomic mass is 16.9. The lowest BCUT2D eigenvalue weighted by Gasteiger charge is -2.14. The van der Waals surface area contributed by atoms with E-state index in [-0.39, 0.29) is 44.7 Å². The second kappa shape index (κ2) is 12.4. The van der Waals surface area contributed by atoms with Gasteiger partial charge in [0.05, 0.1) is 19.1 Å². The normalized spacial score (nSPS) is 11.5. The van der Waals surface area contributed by atoms with Crippen LogP contribution in [0.3, 0.4) is 0 Å².